The summed E-state index contributed by atoms with van der Waals surface area (Å²) >= 11 is 5.83. The van der Waals surface area contributed by atoms with Gasteiger partial charge >= 0.3 is 0 Å². The molecule has 1 unspecified atom stereocenters. The summed E-state index contributed by atoms with van der Waals surface area (Å²) in [5, 5.41) is 0.436. The van der Waals surface area contributed by atoms with Gasteiger partial charge in [0.25, 0.3) is 0 Å². The van der Waals surface area contributed by atoms with Gasteiger partial charge in [-0.1, -0.05) is 24.6 Å². The molecule has 1 aromatic carbocycles. The van der Waals surface area contributed by atoms with Crippen LogP contribution in [0.1, 0.15) is 25.3 Å². The molecule has 3 nitrogen and oxygen atoms in total. The Morgan fingerprint density at radius 3 is 2.83 bits per heavy atom. The number of rotatable bonds is 5. The monoisotopic (exact) mass is 348 g/mol. The van der Waals surface area contributed by atoms with Crippen LogP contribution in [0, 0.1) is 11.2 Å². The van der Waals surface area contributed by atoms with E-state index in [4.69, 9.17) is 16.3 Å². The topological polar surface area (TPSA) is 25.4 Å². The largest absolute Gasteiger partial charge is 0.493 e. The first-order valence-electron chi connectivity index (χ1n) is 8.23. The Hall–Kier alpha value is -1.65. The molecule has 0 spiro atoms. The molecule has 0 saturated carbocycles. The third kappa shape index (κ3) is 4.46. The predicted octanol–water partition coefficient (Wildman–Crippen LogP) is 4.56. The van der Waals surface area contributed by atoms with Crippen LogP contribution in [0.25, 0.3) is 0 Å². The van der Waals surface area contributed by atoms with Crippen LogP contribution < -0.4 is 4.74 Å². The summed E-state index contributed by atoms with van der Waals surface area (Å²) in [4.78, 5) is 6.29. The molecule has 1 aliphatic rings. The number of piperidine rings is 1. The molecule has 0 aliphatic carbocycles. The average molecular weight is 349 g/mol. The van der Waals surface area contributed by atoms with Crippen LogP contribution in [0.15, 0.2) is 42.7 Å². The molecule has 3 rings (SSSR count). The van der Waals surface area contributed by atoms with Gasteiger partial charge in [-0.3, -0.25) is 9.88 Å². The first-order valence-corrected chi connectivity index (χ1v) is 8.61. The maximum absolute atomic E-state index is 14.0. The highest BCUT2D eigenvalue weighted by molar-refractivity contribution is 6.30. The van der Waals surface area contributed by atoms with Crippen molar-refractivity contribution in [3.05, 3.63) is 59.1 Å². The Morgan fingerprint density at radius 2 is 2.08 bits per heavy atom. The van der Waals surface area contributed by atoms with Gasteiger partial charge in [0.2, 0.25) is 0 Å². The molecule has 1 aliphatic heterocycles. The molecule has 0 amide bonds. The van der Waals surface area contributed by atoms with Crippen molar-refractivity contribution < 1.29 is 9.13 Å². The van der Waals surface area contributed by atoms with Crippen LogP contribution in [-0.2, 0) is 6.54 Å². The molecule has 0 radical (unpaired) electrons. The van der Waals surface area contributed by atoms with E-state index in [9.17, 15) is 4.39 Å². The maximum atomic E-state index is 14.0. The molecule has 0 bridgehead atoms. The van der Waals surface area contributed by atoms with E-state index in [2.05, 4.69) is 16.8 Å². The molecule has 1 fully saturated rings. The van der Waals surface area contributed by atoms with Crippen molar-refractivity contribution in [2.45, 2.75) is 26.3 Å². The summed E-state index contributed by atoms with van der Waals surface area (Å²) in [5.41, 5.74) is 0.753. The Kier molecular flexibility index (Phi) is 5.36. The van der Waals surface area contributed by atoms with Gasteiger partial charge in [0.1, 0.15) is 11.6 Å². The van der Waals surface area contributed by atoms with Crippen molar-refractivity contribution in [1.82, 2.24) is 9.88 Å². The second-order valence-electron chi connectivity index (χ2n) is 6.83. The van der Waals surface area contributed by atoms with Crippen LogP contribution in [-0.4, -0.2) is 29.6 Å². The molecule has 128 valence electrons. The van der Waals surface area contributed by atoms with Crippen molar-refractivity contribution in [3.63, 3.8) is 0 Å². The van der Waals surface area contributed by atoms with Gasteiger partial charge in [-0.2, -0.15) is 0 Å². The molecule has 0 N–H and O–H groups in total. The molecule has 1 aromatic heterocycles. The summed E-state index contributed by atoms with van der Waals surface area (Å²) in [6.45, 7) is 5.36. The molecule has 2 heterocycles. The van der Waals surface area contributed by atoms with Crippen molar-refractivity contribution >= 4 is 11.6 Å². The Balaban J connectivity index is 1.60. The number of halogens is 2. The first kappa shape index (κ1) is 17.2. The van der Waals surface area contributed by atoms with E-state index in [1.54, 1.807) is 24.5 Å². The zero-order valence-corrected chi connectivity index (χ0v) is 14.6. The third-order valence-corrected chi connectivity index (χ3v) is 4.74. The van der Waals surface area contributed by atoms with Crippen LogP contribution in [0.4, 0.5) is 4.39 Å². The van der Waals surface area contributed by atoms with Gasteiger partial charge in [-0.15, -0.1) is 0 Å². The maximum Gasteiger partial charge on any atom is 0.129 e. The lowest BCUT2D eigenvalue weighted by molar-refractivity contribution is 0.0517. The zero-order valence-electron chi connectivity index (χ0n) is 13.8. The molecular formula is C19H22ClFN2O. The quantitative estimate of drug-likeness (QED) is 0.792. The lowest BCUT2D eigenvalue weighted by Crippen LogP contribution is -2.44. The summed E-state index contributed by atoms with van der Waals surface area (Å²) in [6, 6.07) is 8.64. The molecule has 2 aromatic rings. The number of nitrogens with zero attached hydrogens (tertiary/aromatic N) is 2. The number of ether oxygens (including phenoxy) is 1. The molecule has 24 heavy (non-hydrogen) atoms. The number of hydrogen-bond acceptors (Lipinski definition) is 3. The van der Waals surface area contributed by atoms with Gasteiger partial charge < -0.3 is 4.74 Å². The van der Waals surface area contributed by atoms with Crippen molar-refractivity contribution in [1.29, 1.82) is 0 Å². The summed E-state index contributed by atoms with van der Waals surface area (Å²) in [7, 11) is 0. The Labute approximate surface area is 147 Å². The van der Waals surface area contributed by atoms with E-state index in [1.807, 2.05) is 12.1 Å². The number of pyridine rings is 1. The van der Waals surface area contributed by atoms with E-state index < -0.39 is 0 Å². The first-order chi connectivity index (χ1) is 11.5. The Morgan fingerprint density at radius 1 is 1.29 bits per heavy atom. The average Bonchev–Trinajstić information content (AvgIpc) is 2.57. The zero-order chi connectivity index (χ0) is 17.0. The number of hydrogen-bond donors (Lipinski definition) is 0. The van der Waals surface area contributed by atoms with Crippen LogP contribution in [0.5, 0.6) is 5.75 Å². The number of aromatic nitrogens is 1. The lowest BCUT2D eigenvalue weighted by atomic mass is 9.82. The van der Waals surface area contributed by atoms with Crippen LogP contribution in [0.3, 0.4) is 0 Å². The van der Waals surface area contributed by atoms with E-state index >= 15 is 0 Å². The smallest absolute Gasteiger partial charge is 0.129 e. The number of likely N-dealkylation sites (tertiary alicyclic amines) is 1. The fraction of sp³-hybridized carbons (Fsp3) is 0.421. The fourth-order valence-electron chi connectivity index (χ4n) is 3.26. The molecule has 1 atom stereocenters. The highest BCUT2D eigenvalue weighted by Crippen LogP contribution is 2.31. The van der Waals surface area contributed by atoms with E-state index in [-0.39, 0.29) is 11.2 Å². The molecule has 5 heteroatoms. The second kappa shape index (κ2) is 7.49. The van der Waals surface area contributed by atoms with E-state index in [1.165, 1.54) is 6.07 Å². The van der Waals surface area contributed by atoms with E-state index in [0.717, 1.165) is 31.7 Å². The van der Waals surface area contributed by atoms with Gasteiger partial charge in [-0.25, -0.2) is 4.39 Å². The van der Waals surface area contributed by atoms with Gasteiger partial charge in [0.15, 0.2) is 0 Å². The summed E-state index contributed by atoms with van der Waals surface area (Å²) in [6.07, 6.45) is 5.66. The minimum Gasteiger partial charge on any atom is -0.493 e. The minimum atomic E-state index is -0.234. The Bertz CT molecular complexity index is 682. The SMILES string of the molecule is CC1(COc2ccncc2)CCCN(Cc2ccc(Cl)cc2F)C1. The van der Waals surface area contributed by atoms with Crippen molar-refractivity contribution in [2.24, 2.45) is 5.41 Å². The fourth-order valence-corrected chi connectivity index (χ4v) is 3.42. The normalized spacial score (nSPS) is 21.6. The van der Waals surface area contributed by atoms with Gasteiger partial charge in [0.05, 0.1) is 6.61 Å². The van der Waals surface area contributed by atoms with Crippen LogP contribution in [0.2, 0.25) is 5.02 Å². The van der Waals surface area contributed by atoms with Crippen molar-refractivity contribution in [3.8, 4) is 5.75 Å². The highest BCUT2D eigenvalue weighted by Gasteiger charge is 2.32. The minimum absolute atomic E-state index is 0.0599. The molecule has 1 saturated heterocycles. The van der Waals surface area contributed by atoms with Crippen LogP contribution >= 0.6 is 11.6 Å². The highest BCUT2D eigenvalue weighted by atomic mass is 35.5. The second-order valence-corrected chi connectivity index (χ2v) is 7.27. The third-order valence-electron chi connectivity index (χ3n) is 4.51. The summed E-state index contributed by atoms with van der Waals surface area (Å²) < 4.78 is 20.0. The van der Waals surface area contributed by atoms with Gasteiger partial charge in [-0.05, 0) is 43.7 Å². The summed E-state index contributed by atoms with van der Waals surface area (Å²) in [5.74, 6) is 0.606. The van der Waals surface area contributed by atoms with Gasteiger partial charge in [0, 0.05) is 41.5 Å². The van der Waals surface area contributed by atoms with E-state index in [0.29, 0.717) is 23.7 Å². The predicted molar refractivity (Wildman–Crippen MR) is 93.8 cm³/mol. The molecular weight excluding hydrogens is 327 g/mol. The lowest BCUT2D eigenvalue weighted by Gasteiger charge is -2.40. The number of benzene rings is 1. The van der Waals surface area contributed by atoms with Crippen molar-refractivity contribution in [2.75, 3.05) is 19.7 Å². The standard InChI is InChI=1S/C19H22ClFN2O/c1-19(14-24-17-5-8-22-9-6-17)7-2-10-23(13-19)12-15-3-4-16(20)11-18(15)21/h3-6,8-9,11H,2,7,10,12-14H2,1H3.